The Hall–Kier alpha value is -3.72. The first kappa shape index (κ1) is 22.7. The lowest BCUT2D eigenvalue weighted by Crippen LogP contribution is -2.35. The van der Waals surface area contributed by atoms with Gasteiger partial charge in [-0.05, 0) is 54.7 Å². The molecule has 4 heterocycles. The fourth-order valence-electron chi connectivity index (χ4n) is 4.84. The quantitative estimate of drug-likeness (QED) is 0.260. The van der Waals surface area contributed by atoms with Crippen LogP contribution < -0.4 is 19.1 Å². The molecule has 3 aromatic heterocycles. The molecule has 0 amide bonds. The highest BCUT2D eigenvalue weighted by molar-refractivity contribution is 7.18. The number of fused-ring (bicyclic) bond motifs is 2. The largest absolute Gasteiger partial charge is 0.496 e. The maximum absolute atomic E-state index is 6.32. The van der Waals surface area contributed by atoms with Gasteiger partial charge in [-0.1, -0.05) is 18.2 Å². The number of imidazole rings is 1. The third-order valence-electron chi connectivity index (χ3n) is 6.68. The summed E-state index contributed by atoms with van der Waals surface area (Å²) in [7, 11) is 3.25. The summed E-state index contributed by atoms with van der Waals surface area (Å²) < 4.78 is 24.9. The predicted molar refractivity (Wildman–Crippen MR) is 141 cm³/mol. The van der Waals surface area contributed by atoms with Crippen molar-refractivity contribution in [2.75, 3.05) is 38.8 Å². The van der Waals surface area contributed by atoms with Crippen molar-refractivity contribution in [1.29, 1.82) is 0 Å². The zero-order valence-corrected chi connectivity index (χ0v) is 21.2. The van der Waals surface area contributed by atoms with Crippen molar-refractivity contribution in [3.05, 3.63) is 54.7 Å². The maximum atomic E-state index is 6.32. The molecular formula is C27H28N4O4S. The number of aromatic nitrogens is 3. The molecular weight excluding hydrogens is 476 g/mol. The van der Waals surface area contributed by atoms with Crippen molar-refractivity contribution in [2.24, 2.45) is 5.92 Å². The molecule has 0 aliphatic carbocycles. The van der Waals surface area contributed by atoms with E-state index in [0.29, 0.717) is 40.5 Å². The van der Waals surface area contributed by atoms with Crippen molar-refractivity contribution in [3.63, 3.8) is 0 Å². The van der Waals surface area contributed by atoms with Crippen LogP contribution in [0.15, 0.2) is 59.1 Å². The average molecular weight is 505 g/mol. The number of hydrogen-bond donors (Lipinski definition) is 0. The molecule has 0 unspecified atom stereocenters. The van der Waals surface area contributed by atoms with Crippen LogP contribution in [0.3, 0.4) is 0 Å². The van der Waals surface area contributed by atoms with E-state index in [4.69, 9.17) is 18.6 Å². The van der Waals surface area contributed by atoms with E-state index in [-0.39, 0.29) is 0 Å². The van der Waals surface area contributed by atoms with Crippen LogP contribution in [0.5, 0.6) is 16.7 Å². The van der Waals surface area contributed by atoms with E-state index in [1.165, 1.54) is 29.9 Å². The third kappa shape index (κ3) is 4.46. The smallest absolute Gasteiger partial charge is 0.294 e. The van der Waals surface area contributed by atoms with Crippen LogP contribution in [0.4, 0.5) is 5.69 Å². The van der Waals surface area contributed by atoms with Crippen molar-refractivity contribution in [1.82, 2.24) is 14.6 Å². The average Bonchev–Trinajstić information content (AvgIpc) is 3.62. The first-order chi connectivity index (χ1) is 17.7. The summed E-state index contributed by atoms with van der Waals surface area (Å²) in [6, 6.07) is 16.5. The second-order valence-corrected chi connectivity index (χ2v) is 9.92. The van der Waals surface area contributed by atoms with Gasteiger partial charge < -0.3 is 23.5 Å². The third-order valence-corrected chi connectivity index (χ3v) is 7.57. The summed E-state index contributed by atoms with van der Waals surface area (Å²) in [6.45, 7) is 2.82. The van der Waals surface area contributed by atoms with Crippen LogP contribution in [0, 0.1) is 5.92 Å². The number of para-hydroxylation sites is 1. The van der Waals surface area contributed by atoms with Crippen LogP contribution in [-0.4, -0.2) is 48.5 Å². The predicted octanol–water partition coefficient (Wildman–Crippen LogP) is 5.91. The Morgan fingerprint density at radius 1 is 1.11 bits per heavy atom. The van der Waals surface area contributed by atoms with Gasteiger partial charge in [0.25, 0.3) is 5.19 Å². The zero-order chi connectivity index (χ0) is 24.5. The van der Waals surface area contributed by atoms with Crippen LogP contribution in [-0.2, 0) is 0 Å². The van der Waals surface area contributed by atoms with Gasteiger partial charge in [0.1, 0.15) is 22.8 Å². The van der Waals surface area contributed by atoms with Crippen molar-refractivity contribution < 1.29 is 18.6 Å². The second kappa shape index (κ2) is 9.73. The Balaban J connectivity index is 1.18. The lowest BCUT2D eigenvalue weighted by atomic mass is 9.95. The number of rotatable bonds is 8. The highest BCUT2D eigenvalue weighted by atomic mass is 32.1. The summed E-state index contributed by atoms with van der Waals surface area (Å²) in [5, 5.41) is 5.82. The van der Waals surface area contributed by atoms with Gasteiger partial charge in [-0.2, -0.15) is 0 Å². The molecule has 0 spiro atoms. The van der Waals surface area contributed by atoms with Gasteiger partial charge in [0.2, 0.25) is 4.96 Å². The number of nitrogens with zero attached hydrogens (tertiary/aromatic N) is 4. The lowest BCUT2D eigenvalue weighted by Gasteiger charge is -2.34. The van der Waals surface area contributed by atoms with E-state index < -0.39 is 0 Å². The van der Waals surface area contributed by atoms with Gasteiger partial charge in [-0.15, -0.1) is 5.10 Å². The minimum absolute atomic E-state index is 0.568. The molecule has 0 bridgehead atoms. The SMILES string of the molecule is COc1cc(OCC[C@@H]2CCCN(c3ccccc3)C2)c2cc(-c3cn4nc(OC)sc4n3)oc2c1. The molecule has 1 aliphatic heterocycles. The van der Waals surface area contributed by atoms with E-state index in [1.54, 1.807) is 18.7 Å². The van der Waals surface area contributed by atoms with E-state index >= 15 is 0 Å². The first-order valence-electron chi connectivity index (χ1n) is 12.1. The van der Waals surface area contributed by atoms with Crippen LogP contribution in [0.2, 0.25) is 0 Å². The van der Waals surface area contributed by atoms with Crippen LogP contribution in [0.1, 0.15) is 19.3 Å². The number of benzene rings is 2. The Kier molecular flexibility index (Phi) is 6.14. The van der Waals surface area contributed by atoms with Crippen molar-refractivity contribution in [3.8, 4) is 28.1 Å². The molecule has 5 aromatic rings. The molecule has 2 aromatic carbocycles. The highest BCUT2D eigenvalue weighted by Crippen LogP contribution is 2.37. The van der Waals surface area contributed by atoms with Gasteiger partial charge in [-0.3, -0.25) is 0 Å². The van der Waals surface area contributed by atoms with E-state index in [1.807, 2.05) is 24.4 Å². The standard InChI is InChI=1S/C27H28N4O4S/c1-32-20-13-23(34-12-10-18-7-6-11-30(16-18)19-8-4-3-5-9-19)21-15-25(35-24(21)14-20)22-17-31-26(28-22)36-27(29-31)33-2/h3-5,8-9,13-15,17-18H,6-7,10-12,16H2,1-2H3/t18-/m0/s1. The lowest BCUT2D eigenvalue weighted by molar-refractivity contribution is 0.264. The number of hydrogen-bond acceptors (Lipinski definition) is 8. The normalized spacial score (nSPS) is 16.1. The van der Waals surface area contributed by atoms with Gasteiger partial charge in [0, 0.05) is 30.9 Å². The molecule has 1 saturated heterocycles. The highest BCUT2D eigenvalue weighted by Gasteiger charge is 2.21. The zero-order valence-electron chi connectivity index (χ0n) is 20.3. The minimum atomic E-state index is 0.568. The number of anilines is 1. The number of methoxy groups -OCH3 is 2. The first-order valence-corrected chi connectivity index (χ1v) is 13.0. The number of ether oxygens (including phenoxy) is 3. The molecule has 8 nitrogen and oxygen atoms in total. The Labute approximate surface area is 213 Å². The molecule has 9 heteroatoms. The van der Waals surface area contributed by atoms with Crippen LogP contribution in [0.25, 0.3) is 27.4 Å². The summed E-state index contributed by atoms with van der Waals surface area (Å²) >= 11 is 1.38. The Bertz CT molecular complexity index is 1440. The summed E-state index contributed by atoms with van der Waals surface area (Å²) in [5.74, 6) is 2.72. The number of furan rings is 1. The minimum Gasteiger partial charge on any atom is -0.496 e. The Morgan fingerprint density at radius 2 is 2.00 bits per heavy atom. The van der Waals surface area contributed by atoms with Crippen LogP contribution >= 0.6 is 11.3 Å². The molecule has 0 saturated carbocycles. The van der Waals surface area contributed by atoms with E-state index in [9.17, 15) is 0 Å². The molecule has 1 atom stereocenters. The van der Waals surface area contributed by atoms with E-state index in [0.717, 1.165) is 35.6 Å². The molecule has 1 aliphatic rings. The van der Waals surface area contributed by atoms with Gasteiger partial charge >= 0.3 is 0 Å². The summed E-state index contributed by atoms with van der Waals surface area (Å²) in [5.41, 5.74) is 2.71. The van der Waals surface area contributed by atoms with Crippen molar-refractivity contribution in [2.45, 2.75) is 19.3 Å². The maximum Gasteiger partial charge on any atom is 0.294 e. The molecule has 6 rings (SSSR count). The molecule has 0 N–H and O–H groups in total. The number of piperidine rings is 1. The molecule has 0 radical (unpaired) electrons. The second-order valence-electron chi connectivity index (χ2n) is 9.00. The van der Waals surface area contributed by atoms with Gasteiger partial charge in [0.15, 0.2) is 5.76 Å². The van der Waals surface area contributed by atoms with E-state index in [2.05, 4.69) is 45.3 Å². The molecule has 1 fully saturated rings. The summed E-state index contributed by atoms with van der Waals surface area (Å²) in [4.78, 5) is 7.87. The topological polar surface area (TPSA) is 74.3 Å². The Morgan fingerprint density at radius 3 is 2.81 bits per heavy atom. The van der Waals surface area contributed by atoms with Gasteiger partial charge in [0.05, 0.1) is 32.4 Å². The fraction of sp³-hybridized carbons (Fsp3) is 0.333. The molecule has 36 heavy (non-hydrogen) atoms. The monoisotopic (exact) mass is 504 g/mol. The van der Waals surface area contributed by atoms with Crippen molar-refractivity contribution >= 4 is 33.0 Å². The van der Waals surface area contributed by atoms with Gasteiger partial charge in [-0.25, -0.2) is 9.50 Å². The summed E-state index contributed by atoms with van der Waals surface area (Å²) in [6.07, 6.45) is 5.27. The fourth-order valence-corrected chi connectivity index (χ4v) is 5.54. The molecule has 186 valence electrons.